The molecule has 2 aromatic carbocycles. The molecule has 2 aromatic rings. The van der Waals surface area contributed by atoms with Crippen LogP contribution in [0.3, 0.4) is 0 Å². The number of nitrogens with one attached hydrogen (secondary N) is 1. The second-order valence-corrected chi connectivity index (χ2v) is 10.7. The first-order valence-corrected chi connectivity index (χ1v) is 13.7. The Balaban J connectivity index is 2.48. The lowest BCUT2D eigenvalue weighted by atomic mass is 10.1. The molecule has 0 aromatic heterocycles. The molecule has 2 rings (SSSR count). The smallest absolute Gasteiger partial charge is 0.244 e. The third-order valence-electron chi connectivity index (χ3n) is 5.50. The number of nitrogens with zero attached hydrogens (tertiary/aromatic N) is 2. The molecular formula is C25H34ClN3O5S. The van der Waals surface area contributed by atoms with Crippen molar-refractivity contribution in [3.05, 3.63) is 58.6 Å². The van der Waals surface area contributed by atoms with Crippen LogP contribution in [0.15, 0.2) is 42.5 Å². The number of hydrogen-bond acceptors (Lipinski definition) is 5. The highest BCUT2D eigenvalue weighted by molar-refractivity contribution is 7.92. The number of benzene rings is 2. The molecule has 1 atom stereocenters. The van der Waals surface area contributed by atoms with Crippen molar-refractivity contribution < 1.29 is 22.7 Å². The Morgan fingerprint density at radius 1 is 1.11 bits per heavy atom. The number of rotatable bonds is 12. The lowest BCUT2D eigenvalue weighted by Gasteiger charge is -2.33. The minimum absolute atomic E-state index is 0.148. The number of anilines is 1. The van der Waals surface area contributed by atoms with Crippen molar-refractivity contribution in [1.29, 1.82) is 0 Å². The molecule has 0 bridgehead atoms. The second-order valence-electron chi connectivity index (χ2n) is 8.31. The number of sulfonamides is 1. The second kappa shape index (κ2) is 12.8. The molecule has 192 valence electrons. The Labute approximate surface area is 213 Å². The predicted octanol–water partition coefficient (Wildman–Crippen LogP) is 3.76. The molecule has 0 saturated heterocycles. The summed E-state index contributed by atoms with van der Waals surface area (Å²) in [5.41, 5.74) is 2.04. The van der Waals surface area contributed by atoms with Gasteiger partial charge in [-0.25, -0.2) is 8.42 Å². The van der Waals surface area contributed by atoms with Gasteiger partial charge in [-0.2, -0.15) is 0 Å². The van der Waals surface area contributed by atoms with Crippen molar-refractivity contribution in [3.8, 4) is 5.75 Å². The first-order chi connectivity index (χ1) is 16.5. The van der Waals surface area contributed by atoms with E-state index < -0.39 is 28.5 Å². The van der Waals surface area contributed by atoms with E-state index in [2.05, 4.69) is 5.32 Å². The fourth-order valence-electron chi connectivity index (χ4n) is 3.63. The average Bonchev–Trinajstić information content (AvgIpc) is 2.81. The summed E-state index contributed by atoms with van der Waals surface area (Å²) < 4.78 is 31.8. The van der Waals surface area contributed by atoms with E-state index >= 15 is 0 Å². The van der Waals surface area contributed by atoms with E-state index in [1.54, 1.807) is 6.07 Å². The van der Waals surface area contributed by atoms with Gasteiger partial charge in [-0.3, -0.25) is 13.9 Å². The molecule has 0 heterocycles. The average molecular weight is 524 g/mol. The van der Waals surface area contributed by atoms with E-state index in [4.69, 9.17) is 16.3 Å². The van der Waals surface area contributed by atoms with Gasteiger partial charge in [0.25, 0.3) is 0 Å². The summed E-state index contributed by atoms with van der Waals surface area (Å²) in [6.07, 6.45) is 2.13. The highest BCUT2D eigenvalue weighted by atomic mass is 35.5. The van der Waals surface area contributed by atoms with Crippen LogP contribution < -0.4 is 14.4 Å². The number of methoxy groups -OCH3 is 1. The molecule has 0 fully saturated rings. The number of aryl methyl sites for hydroxylation is 1. The summed E-state index contributed by atoms with van der Waals surface area (Å²) in [4.78, 5) is 28.1. The maximum absolute atomic E-state index is 13.7. The largest absolute Gasteiger partial charge is 0.495 e. The first kappa shape index (κ1) is 28.5. The number of carbonyl (C=O) groups is 2. The van der Waals surface area contributed by atoms with Gasteiger partial charge in [0.05, 0.1) is 19.1 Å². The Kier molecular flexibility index (Phi) is 10.4. The summed E-state index contributed by atoms with van der Waals surface area (Å²) in [5, 5.41) is 3.15. The van der Waals surface area contributed by atoms with Crippen molar-refractivity contribution in [3.63, 3.8) is 0 Å². The summed E-state index contributed by atoms with van der Waals surface area (Å²) in [5.74, 6) is -0.539. The zero-order valence-corrected chi connectivity index (χ0v) is 22.4. The maximum atomic E-state index is 13.7. The summed E-state index contributed by atoms with van der Waals surface area (Å²) in [6, 6.07) is 11.4. The summed E-state index contributed by atoms with van der Waals surface area (Å²) >= 11 is 6.12. The lowest BCUT2D eigenvalue weighted by molar-refractivity contribution is -0.140. The van der Waals surface area contributed by atoms with Crippen LogP contribution in [0.5, 0.6) is 5.75 Å². The zero-order valence-electron chi connectivity index (χ0n) is 20.9. The topological polar surface area (TPSA) is 96.0 Å². The van der Waals surface area contributed by atoms with Crippen LogP contribution in [0.4, 0.5) is 5.69 Å². The normalized spacial score (nSPS) is 12.1. The standard InChI is InChI=1S/C25H34ClN3O5S/c1-6-14-27-25(31)21(7-2)28(16-19-10-8-18(3)9-11-19)24(30)17-29(35(5,32)33)22-15-20(26)12-13-23(22)34-4/h8-13,15,21H,6-7,14,16-17H2,1-5H3,(H,27,31)/t21-/m1/s1. The van der Waals surface area contributed by atoms with Gasteiger partial charge in [-0.05, 0) is 43.5 Å². The van der Waals surface area contributed by atoms with E-state index in [9.17, 15) is 18.0 Å². The van der Waals surface area contributed by atoms with Crippen LogP contribution >= 0.6 is 11.6 Å². The fraction of sp³-hybridized carbons (Fsp3) is 0.440. The predicted molar refractivity (Wildman–Crippen MR) is 139 cm³/mol. The number of carbonyl (C=O) groups excluding carboxylic acids is 2. The molecule has 0 spiro atoms. The van der Waals surface area contributed by atoms with Crippen LogP contribution in [0.1, 0.15) is 37.8 Å². The Bertz CT molecular complexity index is 1120. The fourth-order valence-corrected chi connectivity index (χ4v) is 4.64. The highest BCUT2D eigenvalue weighted by Gasteiger charge is 2.32. The lowest BCUT2D eigenvalue weighted by Crippen LogP contribution is -2.52. The molecule has 0 unspecified atom stereocenters. The summed E-state index contributed by atoms with van der Waals surface area (Å²) in [6.45, 7) is 5.85. The van der Waals surface area contributed by atoms with Crippen LogP contribution in [0.2, 0.25) is 5.02 Å². The van der Waals surface area contributed by atoms with E-state index in [-0.39, 0.29) is 23.9 Å². The van der Waals surface area contributed by atoms with E-state index in [1.807, 2.05) is 45.0 Å². The SMILES string of the molecule is CCCNC(=O)[C@@H](CC)N(Cc1ccc(C)cc1)C(=O)CN(c1cc(Cl)ccc1OC)S(C)(=O)=O. The minimum atomic E-state index is -3.89. The molecule has 8 nitrogen and oxygen atoms in total. The molecule has 0 radical (unpaired) electrons. The molecule has 1 N–H and O–H groups in total. The van der Waals surface area contributed by atoms with Crippen LogP contribution in [0.25, 0.3) is 0 Å². The Morgan fingerprint density at radius 3 is 2.31 bits per heavy atom. The highest BCUT2D eigenvalue weighted by Crippen LogP contribution is 2.33. The van der Waals surface area contributed by atoms with Gasteiger partial charge in [-0.1, -0.05) is 55.3 Å². The molecule has 35 heavy (non-hydrogen) atoms. The van der Waals surface area contributed by atoms with Crippen LogP contribution in [-0.4, -0.2) is 57.6 Å². The van der Waals surface area contributed by atoms with E-state index in [1.165, 1.54) is 24.1 Å². The van der Waals surface area contributed by atoms with Crippen LogP contribution in [0, 0.1) is 6.92 Å². The number of halogens is 1. The van der Waals surface area contributed by atoms with Gasteiger partial charge in [0.1, 0.15) is 18.3 Å². The molecule has 0 aliphatic heterocycles. The minimum Gasteiger partial charge on any atom is -0.495 e. The molecule has 0 aliphatic carbocycles. The van der Waals surface area contributed by atoms with Crippen molar-refractivity contribution in [2.24, 2.45) is 0 Å². The quantitative estimate of drug-likeness (QED) is 0.457. The molecule has 2 amide bonds. The van der Waals surface area contributed by atoms with E-state index in [0.29, 0.717) is 18.0 Å². The Morgan fingerprint density at radius 2 is 1.77 bits per heavy atom. The van der Waals surface area contributed by atoms with E-state index in [0.717, 1.165) is 28.1 Å². The first-order valence-electron chi connectivity index (χ1n) is 11.5. The third-order valence-corrected chi connectivity index (χ3v) is 6.86. The van der Waals surface area contributed by atoms with Gasteiger partial charge in [0.2, 0.25) is 21.8 Å². The van der Waals surface area contributed by atoms with Gasteiger partial charge in [0.15, 0.2) is 0 Å². The maximum Gasteiger partial charge on any atom is 0.244 e. The molecule has 10 heteroatoms. The number of hydrogen-bond donors (Lipinski definition) is 1. The van der Waals surface area contributed by atoms with Crippen molar-refractivity contribution in [1.82, 2.24) is 10.2 Å². The van der Waals surface area contributed by atoms with Crippen LogP contribution in [-0.2, 0) is 26.2 Å². The van der Waals surface area contributed by atoms with Gasteiger partial charge < -0.3 is 15.0 Å². The number of amides is 2. The van der Waals surface area contributed by atoms with Gasteiger partial charge in [0, 0.05) is 18.1 Å². The third kappa shape index (κ3) is 7.86. The molecular weight excluding hydrogens is 490 g/mol. The zero-order chi connectivity index (χ0) is 26.2. The van der Waals surface area contributed by atoms with Crippen molar-refractivity contribution >= 4 is 39.1 Å². The molecule has 0 aliphatic rings. The van der Waals surface area contributed by atoms with Gasteiger partial charge in [-0.15, -0.1) is 0 Å². The van der Waals surface area contributed by atoms with Crippen molar-refractivity contribution in [2.75, 3.05) is 30.8 Å². The Hall–Kier alpha value is -2.78. The molecule has 0 saturated carbocycles. The van der Waals surface area contributed by atoms with Gasteiger partial charge >= 0.3 is 0 Å². The van der Waals surface area contributed by atoms with Crippen molar-refractivity contribution in [2.45, 2.75) is 46.2 Å². The number of ether oxygens (including phenoxy) is 1. The summed E-state index contributed by atoms with van der Waals surface area (Å²) in [7, 11) is -2.49. The monoisotopic (exact) mass is 523 g/mol.